The average molecular weight is 343 g/mol. The van der Waals surface area contributed by atoms with Crippen molar-refractivity contribution in [3.05, 3.63) is 97.8 Å². The van der Waals surface area contributed by atoms with Crippen molar-refractivity contribution in [2.24, 2.45) is 0 Å². The van der Waals surface area contributed by atoms with Crippen LogP contribution >= 0.6 is 0 Å². The van der Waals surface area contributed by atoms with Crippen LogP contribution < -0.4 is 11.2 Å². The zero-order valence-electron chi connectivity index (χ0n) is 13.7. The summed E-state index contributed by atoms with van der Waals surface area (Å²) in [6, 6.07) is 17.5. The van der Waals surface area contributed by atoms with Crippen LogP contribution in [0, 0.1) is 22.7 Å². The van der Waals surface area contributed by atoms with E-state index in [-0.39, 0.29) is 13.1 Å². The Morgan fingerprint density at radius 3 is 1.81 bits per heavy atom. The Hall–Kier alpha value is -3.97. The molecule has 0 spiro atoms. The van der Waals surface area contributed by atoms with Crippen molar-refractivity contribution in [2.75, 3.05) is 0 Å². The van der Waals surface area contributed by atoms with Gasteiger partial charge in [0.2, 0.25) is 0 Å². The summed E-state index contributed by atoms with van der Waals surface area (Å²) in [6.45, 7) is 0.289. The molecule has 26 heavy (non-hydrogen) atoms. The van der Waals surface area contributed by atoms with Crippen molar-refractivity contribution >= 4 is 0 Å². The second-order valence-electron chi connectivity index (χ2n) is 5.63. The molecule has 0 fully saturated rings. The zero-order chi connectivity index (χ0) is 18.5. The molecule has 3 rings (SSSR count). The summed E-state index contributed by atoms with van der Waals surface area (Å²) in [5, 5.41) is 21.6. The van der Waals surface area contributed by atoms with Gasteiger partial charge in [-0.1, -0.05) is 24.3 Å². The summed E-state index contributed by atoms with van der Waals surface area (Å²) >= 11 is 0. The second kappa shape index (κ2) is 7.29. The number of benzene rings is 2. The second-order valence-corrected chi connectivity index (χ2v) is 5.63. The zero-order valence-corrected chi connectivity index (χ0v) is 13.7. The highest BCUT2D eigenvalue weighted by Gasteiger charge is 2.08. The molecular formula is C19H13N5O2. The lowest BCUT2D eigenvalue weighted by Gasteiger charge is -2.09. The number of nitrogens with zero attached hydrogens (tertiary/aromatic N) is 5. The molecule has 0 bridgehead atoms. The van der Waals surface area contributed by atoms with Gasteiger partial charge in [0.1, 0.15) is 6.20 Å². The minimum atomic E-state index is -0.522. The molecule has 0 saturated carbocycles. The summed E-state index contributed by atoms with van der Waals surface area (Å²) in [7, 11) is 0. The van der Waals surface area contributed by atoms with Gasteiger partial charge in [0.15, 0.2) is 0 Å². The first-order chi connectivity index (χ1) is 12.6. The highest BCUT2D eigenvalue weighted by Crippen LogP contribution is 2.05. The quantitative estimate of drug-likeness (QED) is 0.709. The number of aromatic nitrogens is 3. The number of rotatable bonds is 4. The van der Waals surface area contributed by atoms with Crippen LogP contribution in [-0.2, 0) is 13.1 Å². The molecule has 0 N–H and O–H groups in total. The molecule has 0 amide bonds. The van der Waals surface area contributed by atoms with E-state index in [9.17, 15) is 9.59 Å². The summed E-state index contributed by atoms with van der Waals surface area (Å²) in [4.78, 5) is 24.7. The van der Waals surface area contributed by atoms with E-state index in [1.54, 1.807) is 48.5 Å². The summed E-state index contributed by atoms with van der Waals surface area (Å²) in [5.74, 6) is 0. The molecule has 126 valence electrons. The lowest BCUT2D eigenvalue weighted by Crippen LogP contribution is -2.41. The average Bonchev–Trinajstić information content (AvgIpc) is 2.68. The van der Waals surface area contributed by atoms with Gasteiger partial charge in [0.25, 0.3) is 5.56 Å². The Morgan fingerprint density at radius 2 is 1.31 bits per heavy atom. The van der Waals surface area contributed by atoms with E-state index in [1.807, 2.05) is 12.1 Å². The standard InChI is InChI=1S/C19H13N5O2/c20-9-14-1-5-16(6-2-14)12-23-18(25)11-22-24(19(23)26)13-17-7-3-15(10-21)4-8-17/h1-8,11H,12-13H2. The molecule has 0 unspecified atom stereocenters. The highest BCUT2D eigenvalue weighted by molar-refractivity contribution is 5.32. The van der Waals surface area contributed by atoms with E-state index in [4.69, 9.17) is 10.5 Å². The van der Waals surface area contributed by atoms with Gasteiger partial charge in [-0.2, -0.15) is 15.6 Å². The molecule has 0 saturated heterocycles. The van der Waals surface area contributed by atoms with E-state index in [0.29, 0.717) is 11.1 Å². The monoisotopic (exact) mass is 343 g/mol. The van der Waals surface area contributed by atoms with Crippen molar-refractivity contribution in [1.82, 2.24) is 14.3 Å². The lowest BCUT2D eigenvalue weighted by molar-refractivity contribution is 0.541. The minimum absolute atomic E-state index is 0.0965. The van der Waals surface area contributed by atoms with Gasteiger partial charge in [0, 0.05) is 0 Å². The number of hydrogen-bond acceptors (Lipinski definition) is 5. The SMILES string of the molecule is N#Cc1ccc(Cn2ncc(=O)n(Cc3ccc(C#N)cc3)c2=O)cc1. The highest BCUT2D eigenvalue weighted by atomic mass is 16.2. The third-order valence-electron chi connectivity index (χ3n) is 3.86. The maximum atomic E-state index is 12.6. The van der Waals surface area contributed by atoms with Crippen molar-refractivity contribution in [3.63, 3.8) is 0 Å². The smallest absolute Gasteiger partial charge is 0.267 e. The van der Waals surface area contributed by atoms with E-state index in [1.165, 1.54) is 4.68 Å². The van der Waals surface area contributed by atoms with Crippen LogP contribution in [0.2, 0.25) is 0 Å². The Bertz CT molecular complexity index is 1130. The fourth-order valence-electron chi connectivity index (χ4n) is 2.45. The molecule has 0 radical (unpaired) electrons. The maximum absolute atomic E-state index is 12.6. The summed E-state index contributed by atoms with van der Waals surface area (Å²) < 4.78 is 2.30. The molecule has 0 aliphatic heterocycles. The van der Waals surface area contributed by atoms with Crippen molar-refractivity contribution in [3.8, 4) is 12.1 Å². The van der Waals surface area contributed by atoms with Crippen LogP contribution in [0.25, 0.3) is 0 Å². The predicted octanol–water partition coefficient (Wildman–Crippen LogP) is 1.24. The summed E-state index contributed by atoms with van der Waals surface area (Å²) in [5.41, 5.74) is 1.55. The van der Waals surface area contributed by atoms with E-state index < -0.39 is 11.2 Å². The van der Waals surface area contributed by atoms with Crippen LogP contribution in [0.1, 0.15) is 22.3 Å². The van der Waals surface area contributed by atoms with Gasteiger partial charge in [-0.3, -0.25) is 9.36 Å². The van der Waals surface area contributed by atoms with Crippen molar-refractivity contribution in [2.45, 2.75) is 13.1 Å². The van der Waals surface area contributed by atoms with E-state index in [0.717, 1.165) is 21.9 Å². The third-order valence-corrected chi connectivity index (χ3v) is 3.86. The fraction of sp³-hybridized carbons (Fsp3) is 0.105. The van der Waals surface area contributed by atoms with Gasteiger partial charge in [-0.05, 0) is 35.4 Å². The fourth-order valence-corrected chi connectivity index (χ4v) is 2.45. The first-order valence-corrected chi connectivity index (χ1v) is 7.76. The van der Waals surface area contributed by atoms with Crippen LogP contribution in [0.5, 0.6) is 0 Å². The third kappa shape index (κ3) is 3.58. The van der Waals surface area contributed by atoms with Gasteiger partial charge in [-0.15, -0.1) is 0 Å². The van der Waals surface area contributed by atoms with Crippen LogP contribution in [0.3, 0.4) is 0 Å². The normalized spacial score (nSPS) is 10.1. The first kappa shape index (κ1) is 16.9. The Morgan fingerprint density at radius 1 is 0.808 bits per heavy atom. The molecule has 7 heteroatoms. The van der Waals surface area contributed by atoms with Gasteiger partial charge >= 0.3 is 5.69 Å². The largest absolute Gasteiger partial charge is 0.348 e. The molecule has 2 aromatic carbocycles. The van der Waals surface area contributed by atoms with Gasteiger partial charge in [0.05, 0.1) is 36.4 Å². The Kier molecular flexibility index (Phi) is 4.73. The molecule has 0 atom stereocenters. The molecule has 3 aromatic rings. The maximum Gasteiger partial charge on any atom is 0.348 e. The number of nitriles is 2. The molecule has 1 aromatic heterocycles. The molecule has 1 heterocycles. The first-order valence-electron chi connectivity index (χ1n) is 7.76. The van der Waals surface area contributed by atoms with Crippen molar-refractivity contribution < 1.29 is 0 Å². The predicted molar refractivity (Wildman–Crippen MR) is 93.3 cm³/mol. The van der Waals surface area contributed by atoms with E-state index in [2.05, 4.69) is 5.10 Å². The number of hydrogen-bond donors (Lipinski definition) is 0. The molecule has 0 aliphatic carbocycles. The minimum Gasteiger partial charge on any atom is -0.267 e. The Labute approximate surface area is 148 Å². The topological polar surface area (TPSA) is 104 Å². The molecule has 0 aliphatic rings. The van der Waals surface area contributed by atoms with Gasteiger partial charge in [-0.25, -0.2) is 9.48 Å². The van der Waals surface area contributed by atoms with E-state index >= 15 is 0 Å². The summed E-state index contributed by atoms with van der Waals surface area (Å²) in [6.07, 6.45) is 1.11. The van der Waals surface area contributed by atoms with Crippen LogP contribution in [0.15, 0.2) is 64.3 Å². The lowest BCUT2D eigenvalue weighted by atomic mass is 10.1. The van der Waals surface area contributed by atoms with Crippen LogP contribution in [0.4, 0.5) is 0 Å². The Balaban J connectivity index is 1.90. The molecule has 7 nitrogen and oxygen atoms in total. The van der Waals surface area contributed by atoms with Crippen molar-refractivity contribution in [1.29, 1.82) is 10.5 Å². The molecular weight excluding hydrogens is 330 g/mol. The van der Waals surface area contributed by atoms with Gasteiger partial charge < -0.3 is 0 Å². The van der Waals surface area contributed by atoms with Crippen LogP contribution in [-0.4, -0.2) is 14.3 Å².